The maximum atomic E-state index is 5.69. The standard InChI is InChI=1S/C16H26N4O/c1-2-7-19(8-3-1)15-6-9-20(11-15)16-18-14(12-21-16)10-17-13-4-5-13/h12-13,15,17H,1-11H2. The van der Waals surface area contributed by atoms with Crippen molar-refractivity contribution in [2.45, 2.75) is 57.2 Å². The first kappa shape index (κ1) is 13.6. The summed E-state index contributed by atoms with van der Waals surface area (Å²) in [5, 5.41) is 3.49. The SMILES string of the molecule is c1oc(N2CCC(N3CCCCC3)C2)nc1CNC1CC1. The molecule has 1 aromatic heterocycles. The van der Waals surface area contributed by atoms with Gasteiger partial charge in [0.05, 0.1) is 5.69 Å². The van der Waals surface area contributed by atoms with Crippen LogP contribution in [-0.2, 0) is 6.54 Å². The van der Waals surface area contributed by atoms with Crippen LogP contribution in [0.15, 0.2) is 10.7 Å². The average molecular weight is 290 g/mol. The van der Waals surface area contributed by atoms with Crippen LogP contribution in [0.1, 0.15) is 44.2 Å². The molecule has 0 spiro atoms. The van der Waals surface area contributed by atoms with Crippen molar-refractivity contribution in [2.75, 3.05) is 31.1 Å². The number of likely N-dealkylation sites (tertiary alicyclic amines) is 1. The van der Waals surface area contributed by atoms with Gasteiger partial charge in [-0.25, -0.2) is 0 Å². The van der Waals surface area contributed by atoms with Crippen LogP contribution in [0.25, 0.3) is 0 Å². The monoisotopic (exact) mass is 290 g/mol. The third kappa shape index (κ3) is 3.24. The van der Waals surface area contributed by atoms with Crippen molar-refractivity contribution in [2.24, 2.45) is 0 Å². The van der Waals surface area contributed by atoms with Gasteiger partial charge in [-0.2, -0.15) is 4.98 Å². The first-order valence-corrected chi connectivity index (χ1v) is 8.55. The second-order valence-corrected chi connectivity index (χ2v) is 6.76. The molecule has 0 aromatic carbocycles. The van der Waals surface area contributed by atoms with Crippen molar-refractivity contribution in [3.63, 3.8) is 0 Å². The first-order chi connectivity index (χ1) is 10.4. The van der Waals surface area contributed by atoms with E-state index in [2.05, 4.69) is 20.1 Å². The number of hydrogen-bond acceptors (Lipinski definition) is 5. The van der Waals surface area contributed by atoms with Crippen molar-refractivity contribution in [3.05, 3.63) is 12.0 Å². The lowest BCUT2D eigenvalue weighted by Gasteiger charge is -2.31. The van der Waals surface area contributed by atoms with Crippen LogP contribution in [0.4, 0.5) is 6.01 Å². The highest BCUT2D eigenvalue weighted by molar-refractivity contribution is 5.29. The Morgan fingerprint density at radius 3 is 2.81 bits per heavy atom. The van der Waals surface area contributed by atoms with Gasteiger partial charge < -0.3 is 14.6 Å². The van der Waals surface area contributed by atoms with Crippen LogP contribution in [0.2, 0.25) is 0 Å². The predicted molar refractivity (Wildman–Crippen MR) is 82.4 cm³/mol. The predicted octanol–water partition coefficient (Wildman–Crippen LogP) is 1.99. The molecule has 1 atom stereocenters. The first-order valence-electron chi connectivity index (χ1n) is 8.55. The molecule has 21 heavy (non-hydrogen) atoms. The number of nitrogens with zero attached hydrogens (tertiary/aromatic N) is 3. The van der Waals surface area contributed by atoms with E-state index in [1.807, 2.05) is 6.26 Å². The Hall–Kier alpha value is -1.07. The summed E-state index contributed by atoms with van der Waals surface area (Å²) in [6.45, 7) is 5.56. The Balaban J connectivity index is 1.31. The number of nitrogens with one attached hydrogen (secondary N) is 1. The zero-order chi connectivity index (χ0) is 14.1. The maximum Gasteiger partial charge on any atom is 0.297 e. The Bertz CT molecular complexity index is 465. The molecule has 4 rings (SSSR count). The van der Waals surface area contributed by atoms with E-state index >= 15 is 0 Å². The summed E-state index contributed by atoms with van der Waals surface area (Å²) in [5.41, 5.74) is 1.04. The molecule has 5 heteroatoms. The highest BCUT2D eigenvalue weighted by atomic mass is 16.4. The molecule has 1 aliphatic carbocycles. The van der Waals surface area contributed by atoms with E-state index in [1.54, 1.807) is 0 Å². The molecule has 2 aliphatic heterocycles. The molecule has 0 radical (unpaired) electrons. The summed E-state index contributed by atoms with van der Waals surface area (Å²) < 4.78 is 5.69. The fourth-order valence-corrected chi connectivity index (χ4v) is 3.56. The zero-order valence-corrected chi connectivity index (χ0v) is 12.8. The minimum atomic E-state index is 0.699. The van der Waals surface area contributed by atoms with Crippen LogP contribution in [0.3, 0.4) is 0 Å². The van der Waals surface area contributed by atoms with Crippen molar-refractivity contribution in [3.8, 4) is 0 Å². The zero-order valence-electron chi connectivity index (χ0n) is 12.8. The van der Waals surface area contributed by atoms with Gasteiger partial charge >= 0.3 is 0 Å². The third-order valence-corrected chi connectivity index (χ3v) is 5.03. The second-order valence-electron chi connectivity index (χ2n) is 6.76. The summed E-state index contributed by atoms with van der Waals surface area (Å²) in [4.78, 5) is 9.64. The van der Waals surface area contributed by atoms with Crippen molar-refractivity contribution >= 4 is 6.01 Å². The molecule has 2 saturated heterocycles. The molecule has 116 valence electrons. The van der Waals surface area contributed by atoms with E-state index in [4.69, 9.17) is 4.42 Å². The molecule has 3 fully saturated rings. The Labute approximate surface area is 126 Å². The minimum absolute atomic E-state index is 0.699. The topological polar surface area (TPSA) is 44.5 Å². The van der Waals surface area contributed by atoms with Crippen LogP contribution in [-0.4, -0.2) is 48.1 Å². The lowest BCUT2D eigenvalue weighted by Crippen LogP contribution is -2.40. The molecular weight excluding hydrogens is 264 g/mol. The normalized spacial score (nSPS) is 27.4. The van der Waals surface area contributed by atoms with Gasteiger partial charge in [-0.15, -0.1) is 0 Å². The Morgan fingerprint density at radius 2 is 2.00 bits per heavy atom. The van der Waals surface area contributed by atoms with Crippen molar-refractivity contribution < 1.29 is 4.42 Å². The fourth-order valence-electron chi connectivity index (χ4n) is 3.56. The van der Waals surface area contributed by atoms with Crippen LogP contribution in [0.5, 0.6) is 0 Å². The molecular formula is C16H26N4O. The van der Waals surface area contributed by atoms with Crippen molar-refractivity contribution in [1.29, 1.82) is 0 Å². The van der Waals surface area contributed by atoms with Gasteiger partial charge in [-0.05, 0) is 45.2 Å². The molecule has 5 nitrogen and oxygen atoms in total. The highest BCUT2D eigenvalue weighted by Crippen LogP contribution is 2.25. The molecule has 1 unspecified atom stereocenters. The molecule has 3 heterocycles. The number of piperidine rings is 1. The molecule has 1 aromatic rings. The summed E-state index contributed by atoms with van der Waals surface area (Å²) in [6.07, 6.45) is 9.84. The molecule has 0 amide bonds. The Morgan fingerprint density at radius 1 is 1.14 bits per heavy atom. The highest BCUT2D eigenvalue weighted by Gasteiger charge is 2.30. The van der Waals surface area contributed by atoms with E-state index < -0.39 is 0 Å². The third-order valence-electron chi connectivity index (χ3n) is 5.03. The second kappa shape index (κ2) is 5.97. The number of anilines is 1. The van der Waals surface area contributed by atoms with E-state index in [9.17, 15) is 0 Å². The average Bonchev–Trinajstić information content (AvgIpc) is 3.03. The lowest BCUT2D eigenvalue weighted by molar-refractivity contribution is 0.174. The van der Waals surface area contributed by atoms with Crippen LogP contribution in [0, 0.1) is 0 Å². The van der Waals surface area contributed by atoms with Crippen LogP contribution >= 0.6 is 0 Å². The fraction of sp³-hybridized carbons (Fsp3) is 0.812. The van der Waals surface area contributed by atoms with Gasteiger partial charge in [-0.3, -0.25) is 4.90 Å². The minimum Gasteiger partial charge on any atom is -0.432 e. The smallest absolute Gasteiger partial charge is 0.297 e. The van der Waals surface area contributed by atoms with E-state index in [0.717, 1.165) is 37.4 Å². The van der Waals surface area contributed by atoms with Crippen molar-refractivity contribution in [1.82, 2.24) is 15.2 Å². The summed E-state index contributed by atoms with van der Waals surface area (Å²) >= 11 is 0. The van der Waals surface area contributed by atoms with Gasteiger partial charge in [0, 0.05) is 31.7 Å². The van der Waals surface area contributed by atoms with E-state index in [-0.39, 0.29) is 0 Å². The van der Waals surface area contributed by atoms with Gasteiger partial charge in [0.15, 0.2) is 0 Å². The number of oxazole rings is 1. The van der Waals surface area contributed by atoms with Gasteiger partial charge in [-0.1, -0.05) is 6.42 Å². The summed E-state index contributed by atoms with van der Waals surface area (Å²) in [6, 6.07) is 2.24. The van der Waals surface area contributed by atoms with E-state index in [1.165, 1.54) is 51.6 Å². The summed E-state index contributed by atoms with van der Waals surface area (Å²) in [7, 11) is 0. The molecule has 1 N–H and O–H groups in total. The van der Waals surface area contributed by atoms with Gasteiger partial charge in [0.25, 0.3) is 6.01 Å². The Kier molecular flexibility index (Phi) is 3.86. The van der Waals surface area contributed by atoms with Gasteiger partial charge in [0.2, 0.25) is 0 Å². The number of rotatable bonds is 5. The summed E-state index contributed by atoms with van der Waals surface area (Å²) in [5.74, 6) is 0. The molecule has 1 saturated carbocycles. The molecule has 0 bridgehead atoms. The maximum absolute atomic E-state index is 5.69. The lowest BCUT2D eigenvalue weighted by atomic mass is 10.1. The van der Waals surface area contributed by atoms with E-state index in [0.29, 0.717) is 6.04 Å². The molecule has 3 aliphatic rings. The van der Waals surface area contributed by atoms with Crippen LogP contribution < -0.4 is 10.2 Å². The van der Waals surface area contributed by atoms with Gasteiger partial charge in [0.1, 0.15) is 6.26 Å². The largest absolute Gasteiger partial charge is 0.432 e. The quantitative estimate of drug-likeness (QED) is 0.898. The number of hydrogen-bond donors (Lipinski definition) is 1. The number of aromatic nitrogens is 1.